The quantitative estimate of drug-likeness (QED) is 0.406. The van der Waals surface area contributed by atoms with E-state index in [0.29, 0.717) is 23.1 Å². The van der Waals surface area contributed by atoms with Crippen LogP contribution in [0.25, 0.3) is 0 Å². The molecule has 7 nitrogen and oxygen atoms in total. The number of nitrogens with one attached hydrogen (secondary N) is 2. The summed E-state index contributed by atoms with van der Waals surface area (Å²) in [5, 5.41) is 14.8. The Morgan fingerprint density at radius 3 is 2.43 bits per heavy atom. The van der Waals surface area contributed by atoms with Crippen LogP contribution in [0.4, 0.5) is 5.69 Å². The number of hydrogen-bond acceptors (Lipinski definition) is 5. The van der Waals surface area contributed by atoms with E-state index >= 15 is 0 Å². The lowest BCUT2D eigenvalue weighted by Crippen LogP contribution is -2.28. The van der Waals surface area contributed by atoms with Gasteiger partial charge in [0.1, 0.15) is 0 Å². The first-order valence-corrected chi connectivity index (χ1v) is 10.4. The number of carbonyl (C=O) groups is 2. The Bertz CT molecular complexity index is 1000. The fraction of sp³-hybridized carbons (Fsp3) is 0.182. The van der Waals surface area contributed by atoms with Gasteiger partial charge in [0.25, 0.3) is 5.91 Å². The van der Waals surface area contributed by atoms with Crippen LogP contribution >= 0.6 is 11.8 Å². The predicted octanol–water partition coefficient (Wildman–Crippen LogP) is 3.69. The lowest BCUT2D eigenvalue weighted by Gasteiger charge is -2.15. The number of carbonyl (C=O) groups excluding carboxylic acids is 2. The third-order valence-corrected chi connectivity index (χ3v) is 5.18. The molecule has 154 valence electrons. The van der Waals surface area contributed by atoms with Crippen molar-refractivity contribution < 1.29 is 9.59 Å². The van der Waals surface area contributed by atoms with E-state index in [1.54, 1.807) is 18.2 Å². The van der Waals surface area contributed by atoms with Crippen molar-refractivity contribution in [2.45, 2.75) is 24.7 Å². The molecule has 3 aromatic rings. The molecule has 0 fully saturated rings. The molecule has 2 amide bonds. The molecule has 0 unspecified atom stereocenters. The highest BCUT2D eigenvalue weighted by Crippen LogP contribution is 2.21. The molecule has 0 aliphatic rings. The number of amides is 2. The van der Waals surface area contributed by atoms with E-state index in [0.717, 1.165) is 5.69 Å². The third-order valence-electron chi connectivity index (χ3n) is 4.22. The number of rotatable bonds is 9. The maximum Gasteiger partial charge on any atom is 0.251 e. The average Bonchev–Trinajstić information content (AvgIpc) is 3.16. The van der Waals surface area contributed by atoms with Crippen LogP contribution in [-0.2, 0) is 11.3 Å². The van der Waals surface area contributed by atoms with Gasteiger partial charge in [-0.2, -0.15) is 0 Å². The van der Waals surface area contributed by atoms with Crippen LogP contribution in [0, 0.1) is 0 Å². The summed E-state index contributed by atoms with van der Waals surface area (Å²) in [7, 11) is 0. The molecular weight excluding hydrogens is 398 g/mol. The number of aromatic nitrogens is 3. The number of nitrogens with zero attached hydrogens (tertiary/aromatic N) is 3. The number of benzene rings is 2. The number of hydrogen-bond donors (Lipinski definition) is 2. The van der Waals surface area contributed by atoms with Gasteiger partial charge in [0.2, 0.25) is 5.91 Å². The summed E-state index contributed by atoms with van der Waals surface area (Å²) in [6.07, 6.45) is 1.73. The molecule has 0 saturated carbocycles. The van der Waals surface area contributed by atoms with Crippen LogP contribution in [0.1, 0.15) is 29.1 Å². The standard InChI is InChI=1S/C22H23N5O2S/c1-3-14-27-20(16(2)23-21(29)17-10-6-4-7-11-17)25-26-22(27)30-15-19(28)24-18-12-8-5-9-13-18/h3-13,16H,1,14-15H2,2H3,(H,23,29)(H,24,28)/t16-/m0/s1. The van der Waals surface area contributed by atoms with Crippen molar-refractivity contribution in [2.24, 2.45) is 0 Å². The molecule has 0 aliphatic carbocycles. The SMILES string of the molecule is C=CCn1c(SCC(=O)Nc2ccccc2)nnc1[C@H](C)NC(=O)c1ccccc1. The summed E-state index contributed by atoms with van der Waals surface area (Å²) in [5.74, 6) is 0.471. The molecule has 0 bridgehead atoms. The van der Waals surface area contributed by atoms with Gasteiger partial charge >= 0.3 is 0 Å². The normalized spacial score (nSPS) is 11.5. The van der Waals surface area contributed by atoms with Crippen LogP contribution in [-0.4, -0.2) is 32.3 Å². The number of allylic oxidation sites excluding steroid dienone is 1. The predicted molar refractivity (Wildman–Crippen MR) is 118 cm³/mol. The Morgan fingerprint density at radius 2 is 1.77 bits per heavy atom. The lowest BCUT2D eigenvalue weighted by molar-refractivity contribution is -0.113. The maximum atomic E-state index is 12.4. The molecular formula is C22H23N5O2S. The minimum absolute atomic E-state index is 0.133. The maximum absolute atomic E-state index is 12.4. The van der Waals surface area contributed by atoms with Gasteiger partial charge in [-0.15, -0.1) is 16.8 Å². The second-order valence-electron chi connectivity index (χ2n) is 6.50. The summed E-state index contributed by atoms with van der Waals surface area (Å²) in [6.45, 7) is 6.10. The summed E-state index contributed by atoms with van der Waals surface area (Å²) in [5.41, 5.74) is 1.32. The second kappa shape index (κ2) is 10.4. The van der Waals surface area contributed by atoms with E-state index in [9.17, 15) is 9.59 Å². The number of para-hydroxylation sites is 1. The minimum Gasteiger partial charge on any atom is -0.342 e. The van der Waals surface area contributed by atoms with E-state index in [1.165, 1.54) is 11.8 Å². The smallest absolute Gasteiger partial charge is 0.251 e. The average molecular weight is 422 g/mol. The first-order valence-electron chi connectivity index (χ1n) is 9.46. The molecule has 0 saturated heterocycles. The fourth-order valence-electron chi connectivity index (χ4n) is 2.81. The van der Waals surface area contributed by atoms with E-state index < -0.39 is 0 Å². The molecule has 3 rings (SSSR count). The zero-order chi connectivity index (χ0) is 21.3. The van der Waals surface area contributed by atoms with Gasteiger partial charge < -0.3 is 15.2 Å². The summed E-state index contributed by atoms with van der Waals surface area (Å²) in [6, 6.07) is 17.9. The first kappa shape index (κ1) is 21.3. The molecule has 0 radical (unpaired) electrons. The van der Waals surface area contributed by atoms with Crippen LogP contribution in [0.5, 0.6) is 0 Å². The zero-order valence-electron chi connectivity index (χ0n) is 16.6. The van der Waals surface area contributed by atoms with Gasteiger partial charge in [-0.3, -0.25) is 9.59 Å². The molecule has 30 heavy (non-hydrogen) atoms. The van der Waals surface area contributed by atoms with Gasteiger partial charge in [-0.25, -0.2) is 0 Å². The highest BCUT2D eigenvalue weighted by Gasteiger charge is 2.20. The lowest BCUT2D eigenvalue weighted by atomic mass is 10.2. The largest absolute Gasteiger partial charge is 0.342 e. The van der Waals surface area contributed by atoms with Crippen LogP contribution in [0.2, 0.25) is 0 Å². The van der Waals surface area contributed by atoms with E-state index in [-0.39, 0.29) is 23.6 Å². The van der Waals surface area contributed by atoms with Gasteiger partial charge in [-0.05, 0) is 31.2 Å². The minimum atomic E-state index is -0.363. The van der Waals surface area contributed by atoms with Crippen LogP contribution < -0.4 is 10.6 Å². The summed E-state index contributed by atoms with van der Waals surface area (Å²) < 4.78 is 1.85. The molecule has 2 aromatic carbocycles. The highest BCUT2D eigenvalue weighted by molar-refractivity contribution is 7.99. The van der Waals surface area contributed by atoms with Crippen molar-refractivity contribution in [3.8, 4) is 0 Å². The topological polar surface area (TPSA) is 88.9 Å². The van der Waals surface area contributed by atoms with Crippen LogP contribution in [0.3, 0.4) is 0 Å². The third kappa shape index (κ3) is 5.57. The van der Waals surface area contributed by atoms with E-state index in [1.807, 2.05) is 60.0 Å². The van der Waals surface area contributed by atoms with Gasteiger partial charge in [0.05, 0.1) is 11.8 Å². The zero-order valence-corrected chi connectivity index (χ0v) is 17.4. The number of anilines is 1. The fourth-order valence-corrected chi connectivity index (χ4v) is 3.57. The highest BCUT2D eigenvalue weighted by atomic mass is 32.2. The van der Waals surface area contributed by atoms with Crippen LogP contribution in [0.15, 0.2) is 78.5 Å². The monoisotopic (exact) mass is 421 g/mol. The summed E-state index contributed by atoms with van der Waals surface area (Å²) in [4.78, 5) is 24.7. The molecule has 0 spiro atoms. The molecule has 0 aliphatic heterocycles. The number of thioether (sulfide) groups is 1. The summed E-state index contributed by atoms with van der Waals surface area (Å²) >= 11 is 1.28. The molecule has 1 heterocycles. The molecule has 1 aromatic heterocycles. The van der Waals surface area contributed by atoms with Crippen molar-refractivity contribution in [3.05, 3.63) is 84.7 Å². The Morgan fingerprint density at radius 1 is 1.10 bits per heavy atom. The Labute approximate surface area is 179 Å². The van der Waals surface area contributed by atoms with Gasteiger partial charge in [0, 0.05) is 17.8 Å². The van der Waals surface area contributed by atoms with Crippen molar-refractivity contribution in [1.82, 2.24) is 20.1 Å². The first-order chi connectivity index (χ1) is 14.6. The van der Waals surface area contributed by atoms with Crippen molar-refractivity contribution in [3.63, 3.8) is 0 Å². The second-order valence-corrected chi connectivity index (χ2v) is 7.45. The Kier molecular flexibility index (Phi) is 7.40. The van der Waals surface area contributed by atoms with Gasteiger partial charge in [0.15, 0.2) is 11.0 Å². The molecule has 8 heteroatoms. The molecule has 2 N–H and O–H groups in total. The Hall–Kier alpha value is -3.39. The van der Waals surface area contributed by atoms with Crippen molar-refractivity contribution in [2.75, 3.05) is 11.1 Å². The Balaban J connectivity index is 1.66. The van der Waals surface area contributed by atoms with Crippen molar-refractivity contribution in [1.29, 1.82) is 0 Å². The molecule has 1 atom stereocenters. The van der Waals surface area contributed by atoms with E-state index in [4.69, 9.17) is 0 Å². The van der Waals surface area contributed by atoms with E-state index in [2.05, 4.69) is 27.4 Å². The van der Waals surface area contributed by atoms with Gasteiger partial charge in [-0.1, -0.05) is 54.2 Å². The van der Waals surface area contributed by atoms with Crippen molar-refractivity contribution >= 4 is 29.3 Å².